The van der Waals surface area contributed by atoms with E-state index in [9.17, 15) is 4.39 Å². The molecule has 0 aliphatic carbocycles. The van der Waals surface area contributed by atoms with E-state index in [0.29, 0.717) is 23.8 Å². The normalized spacial score (nSPS) is 12.6. The Labute approximate surface area is 94.3 Å². The largest absolute Gasteiger partial charge is 0.353 e. The van der Waals surface area contributed by atoms with Crippen LogP contribution in [0.4, 0.5) is 10.2 Å². The molecule has 0 aromatic carbocycles. The molecule has 84 valence electrons. The summed E-state index contributed by atoms with van der Waals surface area (Å²) >= 11 is 5.72. The van der Waals surface area contributed by atoms with E-state index in [0.717, 1.165) is 0 Å². The van der Waals surface area contributed by atoms with E-state index in [1.54, 1.807) is 11.9 Å². The van der Waals surface area contributed by atoms with Crippen molar-refractivity contribution in [1.29, 1.82) is 0 Å². The standard InChI is InChI=1S/C10H15ClFN3/c1-4-8-9(12)10(14-6-13-8)15(3)7(2)5-11/h6-7H,4-5H2,1-3H3. The van der Waals surface area contributed by atoms with E-state index in [2.05, 4.69) is 9.97 Å². The number of rotatable bonds is 4. The number of aromatic nitrogens is 2. The zero-order valence-corrected chi connectivity index (χ0v) is 9.92. The Morgan fingerprint density at radius 2 is 2.20 bits per heavy atom. The first-order valence-electron chi connectivity index (χ1n) is 4.90. The molecule has 1 atom stereocenters. The van der Waals surface area contributed by atoms with Gasteiger partial charge in [0, 0.05) is 19.0 Å². The van der Waals surface area contributed by atoms with Crippen LogP contribution in [-0.4, -0.2) is 28.9 Å². The minimum absolute atomic E-state index is 0.0424. The summed E-state index contributed by atoms with van der Waals surface area (Å²) in [5, 5.41) is 0. The summed E-state index contributed by atoms with van der Waals surface area (Å²) in [7, 11) is 1.78. The van der Waals surface area contributed by atoms with Crippen LogP contribution in [0.5, 0.6) is 0 Å². The van der Waals surface area contributed by atoms with Gasteiger partial charge in [0.25, 0.3) is 0 Å². The van der Waals surface area contributed by atoms with Crippen LogP contribution in [0.3, 0.4) is 0 Å². The van der Waals surface area contributed by atoms with E-state index >= 15 is 0 Å². The average molecular weight is 232 g/mol. The first-order chi connectivity index (χ1) is 7.11. The molecule has 1 unspecified atom stereocenters. The Morgan fingerprint density at radius 3 is 2.73 bits per heavy atom. The number of halogens is 2. The molecule has 0 aliphatic heterocycles. The zero-order valence-electron chi connectivity index (χ0n) is 9.17. The molecule has 0 aliphatic rings. The van der Waals surface area contributed by atoms with Crippen LogP contribution < -0.4 is 4.90 Å². The van der Waals surface area contributed by atoms with Crippen molar-refractivity contribution < 1.29 is 4.39 Å². The lowest BCUT2D eigenvalue weighted by Gasteiger charge is -2.24. The van der Waals surface area contributed by atoms with Gasteiger partial charge in [0.1, 0.15) is 6.33 Å². The maximum atomic E-state index is 13.8. The van der Waals surface area contributed by atoms with Crippen LogP contribution in [-0.2, 0) is 6.42 Å². The average Bonchev–Trinajstić information content (AvgIpc) is 2.27. The highest BCUT2D eigenvalue weighted by Gasteiger charge is 2.17. The molecule has 0 bridgehead atoms. The molecule has 0 N–H and O–H groups in total. The van der Waals surface area contributed by atoms with Crippen LogP contribution in [0.2, 0.25) is 0 Å². The summed E-state index contributed by atoms with van der Waals surface area (Å²) in [5.74, 6) is 0.399. The number of nitrogens with zero attached hydrogens (tertiary/aromatic N) is 3. The number of anilines is 1. The molecular formula is C10H15ClFN3. The molecule has 0 saturated heterocycles. The Balaban J connectivity index is 3.03. The van der Waals surface area contributed by atoms with Crippen molar-refractivity contribution in [2.24, 2.45) is 0 Å². The van der Waals surface area contributed by atoms with Crippen molar-refractivity contribution in [3.05, 3.63) is 17.8 Å². The first-order valence-corrected chi connectivity index (χ1v) is 5.43. The molecule has 3 nitrogen and oxygen atoms in total. The Kier molecular flexibility index (Phi) is 4.27. The number of hydrogen-bond donors (Lipinski definition) is 0. The third-order valence-corrected chi connectivity index (χ3v) is 2.84. The van der Waals surface area contributed by atoms with Crippen LogP contribution in [0.25, 0.3) is 0 Å². The van der Waals surface area contributed by atoms with Crippen molar-refractivity contribution in [2.75, 3.05) is 17.8 Å². The maximum absolute atomic E-state index is 13.8. The lowest BCUT2D eigenvalue weighted by atomic mass is 10.2. The molecule has 1 aromatic heterocycles. The van der Waals surface area contributed by atoms with Crippen LogP contribution in [0.15, 0.2) is 6.33 Å². The highest BCUT2D eigenvalue weighted by Crippen LogP contribution is 2.19. The summed E-state index contributed by atoms with van der Waals surface area (Å²) in [4.78, 5) is 9.54. The zero-order chi connectivity index (χ0) is 11.4. The molecule has 0 amide bonds. The van der Waals surface area contributed by atoms with Crippen LogP contribution >= 0.6 is 11.6 Å². The van der Waals surface area contributed by atoms with Crippen molar-refractivity contribution in [1.82, 2.24) is 9.97 Å². The van der Waals surface area contributed by atoms with Gasteiger partial charge in [0.2, 0.25) is 0 Å². The van der Waals surface area contributed by atoms with Gasteiger partial charge in [-0.05, 0) is 13.3 Å². The van der Waals surface area contributed by atoms with Crippen molar-refractivity contribution >= 4 is 17.4 Å². The fraction of sp³-hybridized carbons (Fsp3) is 0.600. The molecule has 5 heteroatoms. The first kappa shape index (κ1) is 12.2. The summed E-state index contributed by atoms with van der Waals surface area (Å²) in [6, 6.07) is 0.0424. The Hall–Kier alpha value is -0.900. The summed E-state index contributed by atoms with van der Waals surface area (Å²) < 4.78 is 13.8. The summed E-state index contributed by atoms with van der Waals surface area (Å²) in [5.41, 5.74) is 0.439. The third kappa shape index (κ3) is 2.56. The molecule has 1 rings (SSSR count). The number of alkyl halides is 1. The molecular weight excluding hydrogens is 217 g/mol. The van der Waals surface area contributed by atoms with E-state index in [1.807, 2.05) is 13.8 Å². The molecule has 1 aromatic rings. The summed E-state index contributed by atoms with van der Waals surface area (Å²) in [6.07, 6.45) is 1.94. The third-order valence-electron chi connectivity index (χ3n) is 2.40. The number of hydrogen-bond acceptors (Lipinski definition) is 3. The van der Waals surface area contributed by atoms with Gasteiger partial charge in [0.05, 0.1) is 5.69 Å². The van der Waals surface area contributed by atoms with E-state index in [4.69, 9.17) is 11.6 Å². The lowest BCUT2D eigenvalue weighted by Crippen LogP contribution is -2.32. The fourth-order valence-electron chi connectivity index (χ4n) is 1.20. The fourth-order valence-corrected chi connectivity index (χ4v) is 1.41. The van der Waals surface area contributed by atoms with E-state index in [-0.39, 0.29) is 11.9 Å². The Bertz CT molecular complexity index is 332. The van der Waals surface area contributed by atoms with Gasteiger partial charge in [0.15, 0.2) is 11.6 Å². The SMILES string of the molecule is CCc1ncnc(N(C)C(C)CCl)c1F. The minimum atomic E-state index is -0.348. The molecule has 0 saturated carbocycles. The topological polar surface area (TPSA) is 29.0 Å². The molecule has 15 heavy (non-hydrogen) atoms. The minimum Gasteiger partial charge on any atom is -0.353 e. The van der Waals surface area contributed by atoms with E-state index in [1.165, 1.54) is 6.33 Å². The van der Waals surface area contributed by atoms with Gasteiger partial charge in [-0.15, -0.1) is 11.6 Å². The second-order valence-corrected chi connectivity index (χ2v) is 3.73. The lowest BCUT2D eigenvalue weighted by molar-refractivity contribution is 0.580. The van der Waals surface area contributed by atoms with Gasteiger partial charge < -0.3 is 4.90 Å². The van der Waals surface area contributed by atoms with Gasteiger partial charge in [-0.2, -0.15) is 0 Å². The van der Waals surface area contributed by atoms with Crippen LogP contribution in [0.1, 0.15) is 19.5 Å². The van der Waals surface area contributed by atoms with Gasteiger partial charge in [-0.3, -0.25) is 0 Å². The number of aryl methyl sites for hydroxylation is 1. The molecule has 0 fully saturated rings. The molecule has 0 spiro atoms. The highest BCUT2D eigenvalue weighted by atomic mass is 35.5. The predicted molar refractivity (Wildman–Crippen MR) is 60.0 cm³/mol. The second-order valence-electron chi connectivity index (χ2n) is 3.43. The monoisotopic (exact) mass is 231 g/mol. The van der Waals surface area contributed by atoms with Gasteiger partial charge in [-0.25, -0.2) is 14.4 Å². The van der Waals surface area contributed by atoms with Crippen molar-refractivity contribution in [2.45, 2.75) is 26.3 Å². The highest BCUT2D eigenvalue weighted by molar-refractivity contribution is 6.18. The van der Waals surface area contributed by atoms with Gasteiger partial charge >= 0.3 is 0 Å². The van der Waals surface area contributed by atoms with E-state index < -0.39 is 0 Å². The van der Waals surface area contributed by atoms with Crippen LogP contribution in [0, 0.1) is 5.82 Å². The molecule has 1 heterocycles. The second kappa shape index (κ2) is 5.26. The van der Waals surface area contributed by atoms with Crippen molar-refractivity contribution in [3.8, 4) is 0 Å². The van der Waals surface area contributed by atoms with Crippen molar-refractivity contribution in [3.63, 3.8) is 0 Å². The predicted octanol–water partition coefficient (Wildman–Crippen LogP) is 2.24. The summed E-state index contributed by atoms with van der Waals surface area (Å²) in [6.45, 7) is 3.78. The molecule has 0 radical (unpaired) electrons. The smallest absolute Gasteiger partial charge is 0.187 e. The van der Waals surface area contributed by atoms with Gasteiger partial charge in [-0.1, -0.05) is 6.92 Å². The maximum Gasteiger partial charge on any atom is 0.187 e. The quantitative estimate of drug-likeness (QED) is 0.745. The Morgan fingerprint density at radius 1 is 1.53 bits per heavy atom.